The van der Waals surface area contributed by atoms with Crippen LogP contribution in [0.4, 0.5) is 5.69 Å². The molecule has 3 heteroatoms. The highest BCUT2D eigenvalue weighted by Gasteiger charge is 2.21. The van der Waals surface area contributed by atoms with Crippen molar-refractivity contribution in [1.82, 2.24) is 4.57 Å². The van der Waals surface area contributed by atoms with Crippen LogP contribution in [0.25, 0.3) is 60.9 Å². The fourth-order valence-electron chi connectivity index (χ4n) is 7.54. The van der Waals surface area contributed by atoms with E-state index < -0.39 is 0 Å². The molecule has 3 nitrogen and oxygen atoms in total. The Balaban J connectivity index is 1.02. The molecule has 9 rings (SSSR count). The van der Waals surface area contributed by atoms with Crippen LogP contribution in [0, 0.1) is 11.3 Å². The largest absolute Gasteiger partial charge is 0.378 e. The first-order valence-electron chi connectivity index (χ1n) is 17.7. The fourth-order valence-corrected chi connectivity index (χ4v) is 7.54. The van der Waals surface area contributed by atoms with Crippen molar-refractivity contribution in [2.24, 2.45) is 0 Å². The van der Waals surface area contributed by atoms with Crippen LogP contribution in [-0.2, 0) is 0 Å². The lowest BCUT2D eigenvalue weighted by atomic mass is 9.86. The van der Waals surface area contributed by atoms with E-state index in [4.69, 9.17) is 0 Å². The Labute approximate surface area is 304 Å². The van der Waals surface area contributed by atoms with Gasteiger partial charge in [-0.3, -0.25) is 0 Å². The van der Waals surface area contributed by atoms with Gasteiger partial charge < -0.3 is 9.88 Å². The summed E-state index contributed by atoms with van der Waals surface area (Å²) in [4.78, 5) is 0. The molecular formula is C49H35N3. The molecule has 0 spiro atoms. The summed E-state index contributed by atoms with van der Waals surface area (Å²) < 4.78 is 2.36. The van der Waals surface area contributed by atoms with E-state index in [0.29, 0.717) is 5.56 Å². The Morgan fingerprint density at radius 2 is 1.08 bits per heavy atom. The zero-order valence-electron chi connectivity index (χ0n) is 28.5. The summed E-state index contributed by atoms with van der Waals surface area (Å²) in [7, 11) is 0. The third kappa shape index (κ3) is 5.87. The van der Waals surface area contributed by atoms with E-state index >= 15 is 0 Å². The summed E-state index contributed by atoms with van der Waals surface area (Å²) in [5.74, 6) is 0.191. The summed E-state index contributed by atoms with van der Waals surface area (Å²) in [6, 6.07) is 62.6. The van der Waals surface area contributed by atoms with Gasteiger partial charge in [-0.05, 0) is 93.5 Å². The van der Waals surface area contributed by atoms with Gasteiger partial charge in [0.2, 0.25) is 0 Å². The number of fused-ring (bicyclic) bond motifs is 3. The topological polar surface area (TPSA) is 40.8 Å². The van der Waals surface area contributed by atoms with Crippen molar-refractivity contribution < 1.29 is 0 Å². The Morgan fingerprint density at radius 3 is 1.85 bits per heavy atom. The Hall–Kier alpha value is -6.89. The first kappa shape index (κ1) is 31.1. The van der Waals surface area contributed by atoms with E-state index in [0.717, 1.165) is 22.5 Å². The molecule has 1 N–H and O–H groups in total. The second-order valence-electron chi connectivity index (χ2n) is 13.4. The predicted molar refractivity (Wildman–Crippen MR) is 217 cm³/mol. The maximum Gasteiger partial charge on any atom is 0.0991 e. The smallest absolute Gasteiger partial charge is 0.0991 e. The molecule has 8 aromatic rings. The van der Waals surface area contributed by atoms with Gasteiger partial charge in [0.25, 0.3) is 0 Å². The van der Waals surface area contributed by atoms with E-state index in [2.05, 4.69) is 186 Å². The molecule has 1 aromatic heterocycles. The number of hydrogen-bond acceptors (Lipinski definition) is 2. The average Bonchev–Trinajstić information content (AvgIpc) is 3.55. The second kappa shape index (κ2) is 13.4. The second-order valence-corrected chi connectivity index (χ2v) is 13.4. The number of aromatic nitrogens is 1. The number of nitriles is 1. The number of nitrogens with zero attached hydrogens (tertiary/aromatic N) is 2. The van der Waals surface area contributed by atoms with Crippen molar-refractivity contribution in [3.8, 4) is 45.1 Å². The van der Waals surface area contributed by atoms with Crippen LogP contribution in [0.3, 0.4) is 0 Å². The van der Waals surface area contributed by atoms with Crippen molar-refractivity contribution in [2.75, 3.05) is 5.32 Å². The van der Waals surface area contributed by atoms with Crippen molar-refractivity contribution >= 4 is 27.5 Å². The summed E-state index contributed by atoms with van der Waals surface area (Å²) in [5, 5.41) is 15.4. The van der Waals surface area contributed by atoms with E-state index in [-0.39, 0.29) is 12.0 Å². The fraction of sp³-hybridized carbons (Fsp3) is 0.0408. The van der Waals surface area contributed by atoms with Gasteiger partial charge in [0.1, 0.15) is 0 Å². The van der Waals surface area contributed by atoms with Crippen LogP contribution in [0.15, 0.2) is 194 Å². The van der Waals surface area contributed by atoms with Crippen LogP contribution < -0.4 is 5.32 Å². The van der Waals surface area contributed by atoms with E-state index in [1.165, 1.54) is 49.6 Å². The number of rotatable bonds is 7. The zero-order valence-corrected chi connectivity index (χ0v) is 28.5. The zero-order chi connectivity index (χ0) is 34.9. The molecular weight excluding hydrogens is 631 g/mol. The van der Waals surface area contributed by atoms with Crippen LogP contribution in [0.5, 0.6) is 0 Å². The predicted octanol–water partition coefficient (Wildman–Crippen LogP) is 12.3. The number of benzene rings is 7. The van der Waals surface area contributed by atoms with Gasteiger partial charge in [-0.15, -0.1) is 0 Å². The number of nitrogens with one attached hydrogen (secondary N) is 1. The standard InChI is InChI=1S/C49H35N3/c50-33-34-17-19-36(20-18-34)38-23-28-43(29-24-38)52-48-16-7-5-14-45(48)46-32-40(25-30-49(46)52)39-11-8-12-41(31-39)44-13-4-6-15-47(44)51-42-26-21-37(22-27-42)35-9-2-1-3-10-35/h1-32,44,47,51H. The van der Waals surface area contributed by atoms with E-state index in [1.54, 1.807) is 0 Å². The highest BCUT2D eigenvalue weighted by Crippen LogP contribution is 2.37. The molecule has 2 atom stereocenters. The summed E-state index contributed by atoms with van der Waals surface area (Å²) in [6.45, 7) is 0. The van der Waals surface area contributed by atoms with Gasteiger partial charge >= 0.3 is 0 Å². The first-order valence-corrected chi connectivity index (χ1v) is 17.7. The molecule has 1 aliphatic rings. The van der Waals surface area contributed by atoms with Crippen molar-refractivity contribution in [3.05, 3.63) is 205 Å². The summed E-state index contributed by atoms with van der Waals surface area (Å²) in [5.41, 5.74) is 13.6. The van der Waals surface area contributed by atoms with Gasteiger partial charge in [-0.1, -0.05) is 140 Å². The SMILES string of the molecule is N#Cc1ccc(-c2ccc(-n3c4ccccc4c4cc(-c5cccc(C6C=CC=CC6Nc6ccc(-c7ccccc7)cc6)c5)ccc43)cc2)cc1. The summed E-state index contributed by atoms with van der Waals surface area (Å²) >= 11 is 0. The quantitative estimate of drug-likeness (QED) is 0.184. The number of para-hydroxylation sites is 1. The lowest BCUT2D eigenvalue weighted by Gasteiger charge is -2.27. The van der Waals surface area contributed by atoms with E-state index in [1.807, 2.05) is 24.3 Å². The minimum absolute atomic E-state index is 0.131. The Morgan fingerprint density at radius 1 is 0.481 bits per heavy atom. The highest BCUT2D eigenvalue weighted by atomic mass is 15.0. The molecule has 0 fully saturated rings. The molecule has 246 valence electrons. The van der Waals surface area contributed by atoms with Gasteiger partial charge in [0, 0.05) is 28.1 Å². The number of anilines is 1. The third-order valence-corrected chi connectivity index (χ3v) is 10.2. The van der Waals surface area contributed by atoms with Crippen molar-refractivity contribution in [3.63, 3.8) is 0 Å². The van der Waals surface area contributed by atoms with Crippen LogP contribution in [0.1, 0.15) is 17.0 Å². The molecule has 7 aromatic carbocycles. The lowest BCUT2D eigenvalue weighted by molar-refractivity contribution is 0.756. The minimum Gasteiger partial charge on any atom is -0.378 e. The Kier molecular flexibility index (Phi) is 8.04. The monoisotopic (exact) mass is 665 g/mol. The van der Waals surface area contributed by atoms with Crippen LogP contribution >= 0.6 is 0 Å². The van der Waals surface area contributed by atoms with Gasteiger partial charge in [-0.25, -0.2) is 0 Å². The van der Waals surface area contributed by atoms with E-state index in [9.17, 15) is 5.26 Å². The molecule has 0 amide bonds. The van der Waals surface area contributed by atoms with Crippen molar-refractivity contribution in [2.45, 2.75) is 12.0 Å². The molecule has 0 bridgehead atoms. The van der Waals surface area contributed by atoms with Crippen molar-refractivity contribution in [1.29, 1.82) is 5.26 Å². The molecule has 52 heavy (non-hydrogen) atoms. The maximum atomic E-state index is 9.19. The third-order valence-electron chi connectivity index (χ3n) is 10.2. The Bertz CT molecular complexity index is 2640. The lowest BCUT2D eigenvalue weighted by Crippen LogP contribution is -2.25. The molecule has 1 aliphatic carbocycles. The summed E-state index contributed by atoms with van der Waals surface area (Å²) in [6.07, 6.45) is 8.87. The first-order chi connectivity index (χ1) is 25.7. The number of hydrogen-bond donors (Lipinski definition) is 1. The van der Waals surface area contributed by atoms with Crippen LogP contribution in [-0.4, -0.2) is 10.6 Å². The van der Waals surface area contributed by atoms with Gasteiger partial charge in [0.05, 0.1) is 28.7 Å². The maximum absolute atomic E-state index is 9.19. The molecule has 0 aliphatic heterocycles. The molecule has 1 heterocycles. The minimum atomic E-state index is 0.131. The van der Waals surface area contributed by atoms with Gasteiger partial charge in [-0.2, -0.15) is 5.26 Å². The average molecular weight is 666 g/mol. The normalized spacial score (nSPS) is 15.1. The molecule has 0 saturated heterocycles. The highest BCUT2D eigenvalue weighted by molar-refractivity contribution is 6.10. The van der Waals surface area contributed by atoms with Crippen LogP contribution in [0.2, 0.25) is 0 Å². The molecule has 0 radical (unpaired) electrons. The molecule has 2 unspecified atom stereocenters. The number of allylic oxidation sites excluding steroid dienone is 2. The van der Waals surface area contributed by atoms with Gasteiger partial charge in [0.15, 0.2) is 0 Å². The molecule has 0 saturated carbocycles.